The van der Waals surface area contributed by atoms with Gasteiger partial charge in [-0.1, -0.05) is 38.5 Å². The molecule has 5 heteroatoms. The van der Waals surface area contributed by atoms with Crippen LogP contribution < -0.4 is 10.9 Å². The quantitative estimate of drug-likeness (QED) is 0.868. The van der Waals surface area contributed by atoms with Crippen LogP contribution in [0.15, 0.2) is 29.1 Å². The van der Waals surface area contributed by atoms with E-state index in [0.717, 1.165) is 5.69 Å². The standard InChI is InChI=1S/C14H18N4O/c1-9-5-7-10(8-6-9)15-13-16-12(19)11(17-18-13)14(2,3)4/h5-8H,1-4H3,(H2,15,16,18,19). The van der Waals surface area contributed by atoms with E-state index in [0.29, 0.717) is 11.6 Å². The molecule has 5 nitrogen and oxygen atoms in total. The van der Waals surface area contributed by atoms with Gasteiger partial charge >= 0.3 is 0 Å². The average molecular weight is 258 g/mol. The summed E-state index contributed by atoms with van der Waals surface area (Å²) in [6.45, 7) is 7.81. The summed E-state index contributed by atoms with van der Waals surface area (Å²) in [5.41, 5.74) is 1.94. The first-order chi connectivity index (χ1) is 8.86. The Morgan fingerprint density at radius 3 is 2.26 bits per heavy atom. The summed E-state index contributed by atoms with van der Waals surface area (Å²) in [6.07, 6.45) is 0. The molecule has 0 atom stereocenters. The molecule has 2 rings (SSSR count). The van der Waals surface area contributed by atoms with Gasteiger partial charge in [-0.05, 0) is 19.1 Å². The van der Waals surface area contributed by atoms with Gasteiger partial charge in [0, 0.05) is 11.1 Å². The number of benzene rings is 1. The number of aromatic amines is 1. The summed E-state index contributed by atoms with van der Waals surface area (Å²) in [4.78, 5) is 14.6. The number of H-pyrrole nitrogens is 1. The lowest BCUT2D eigenvalue weighted by Gasteiger charge is -2.15. The van der Waals surface area contributed by atoms with Crippen molar-refractivity contribution >= 4 is 11.6 Å². The Morgan fingerprint density at radius 1 is 1.11 bits per heavy atom. The van der Waals surface area contributed by atoms with Crippen LogP contribution in [-0.2, 0) is 5.41 Å². The highest BCUT2D eigenvalue weighted by atomic mass is 16.1. The van der Waals surface area contributed by atoms with Gasteiger partial charge in [0.1, 0.15) is 5.69 Å². The van der Waals surface area contributed by atoms with Crippen LogP contribution in [0.1, 0.15) is 32.0 Å². The van der Waals surface area contributed by atoms with Gasteiger partial charge in [0.05, 0.1) is 0 Å². The lowest BCUT2D eigenvalue weighted by molar-refractivity contribution is 0.547. The molecule has 0 bridgehead atoms. The zero-order valence-corrected chi connectivity index (χ0v) is 11.6. The van der Waals surface area contributed by atoms with Crippen LogP contribution in [0.4, 0.5) is 11.6 Å². The normalized spacial score (nSPS) is 11.4. The van der Waals surface area contributed by atoms with E-state index in [4.69, 9.17) is 0 Å². The predicted octanol–water partition coefficient (Wildman–Crippen LogP) is 2.51. The highest BCUT2D eigenvalue weighted by Crippen LogP contribution is 2.16. The predicted molar refractivity (Wildman–Crippen MR) is 75.8 cm³/mol. The van der Waals surface area contributed by atoms with Crippen molar-refractivity contribution in [3.8, 4) is 0 Å². The molecular weight excluding hydrogens is 240 g/mol. The molecular formula is C14H18N4O. The second kappa shape index (κ2) is 4.84. The summed E-state index contributed by atoms with van der Waals surface area (Å²) in [7, 11) is 0. The third kappa shape index (κ3) is 3.19. The Hall–Kier alpha value is -2.17. The van der Waals surface area contributed by atoms with E-state index in [-0.39, 0.29) is 11.0 Å². The van der Waals surface area contributed by atoms with Gasteiger partial charge < -0.3 is 5.32 Å². The molecule has 0 aliphatic heterocycles. The van der Waals surface area contributed by atoms with Crippen molar-refractivity contribution in [2.24, 2.45) is 0 Å². The second-order valence-electron chi connectivity index (χ2n) is 5.59. The third-order valence-corrected chi connectivity index (χ3v) is 2.72. The van der Waals surface area contributed by atoms with Crippen LogP contribution in [-0.4, -0.2) is 15.2 Å². The molecule has 0 aliphatic rings. The molecule has 0 unspecified atom stereocenters. The van der Waals surface area contributed by atoms with Crippen molar-refractivity contribution in [2.75, 3.05) is 5.32 Å². The fraction of sp³-hybridized carbons (Fsp3) is 0.357. The van der Waals surface area contributed by atoms with E-state index in [1.807, 2.05) is 52.0 Å². The molecule has 0 amide bonds. The molecule has 2 aromatic rings. The van der Waals surface area contributed by atoms with Crippen LogP contribution in [0.2, 0.25) is 0 Å². The summed E-state index contributed by atoms with van der Waals surface area (Å²) in [5, 5.41) is 11.0. The van der Waals surface area contributed by atoms with Crippen molar-refractivity contribution < 1.29 is 0 Å². The van der Waals surface area contributed by atoms with Crippen molar-refractivity contribution in [2.45, 2.75) is 33.1 Å². The van der Waals surface area contributed by atoms with E-state index < -0.39 is 0 Å². The SMILES string of the molecule is Cc1ccc(Nc2nnc(C(C)(C)C)c(=O)[nH]2)cc1. The van der Waals surface area contributed by atoms with Crippen molar-refractivity contribution in [3.05, 3.63) is 45.9 Å². The molecule has 0 aliphatic carbocycles. The minimum Gasteiger partial charge on any atom is -0.324 e. The first kappa shape index (κ1) is 13.3. The Balaban J connectivity index is 2.26. The summed E-state index contributed by atoms with van der Waals surface area (Å²) < 4.78 is 0. The topological polar surface area (TPSA) is 70.7 Å². The molecule has 1 aromatic heterocycles. The molecule has 1 aromatic carbocycles. The Labute approximate surface area is 112 Å². The number of nitrogens with zero attached hydrogens (tertiary/aromatic N) is 2. The maximum absolute atomic E-state index is 11.9. The first-order valence-electron chi connectivity index (χ1n) is 6.17. The van der Waals surface area contributed by atoms with Crippen molar-refractivity contribution in [1.29, 1.82) is 0 Å². The minimum absolute atomic E-state index is 0.211. The number of nitrogens with one attached hydrogen (secondary N) is 2. The summed E-state index contributed by atoms with van der Waals surface area (Å²) in [5.74, 6) is 0.349. The van der Waals surface area contributed by atoms with Crippen LogP contribution >= 0.6 is 0 Å². The first-order valence-corrected chi connectivity index (χ1v) is 6.17. The van der Waals surface area contributed by atoms with Crippen LogP contribution in [0.25, 0.3) is 0 Å². The molecule has 100 valence electrons. The Bertz CT molecular complexity index is 623. The van der Waals surface area contributed by atoms with Gasteiger partial charge in [-0.25, -0.2) is 0 Å². The van der Waals surface area contributed by atoms with Gasteiger partial charge in [0.25, 0.3) is 5.56 Å². The van der Waals surface area contributed by atoms with Gasteiger partial charge in [-0.15, -0.1) is 10.2 Å². The molecule has 2 N–H and O–H groups in total. The smallest absolute Gasteiger partial charge is 0.274 e. The molecule has 0 saturated heterocycles. The Kier molecular flexibility index (Phi) is 3.38. The highest BCUT2D eigenvalue weighted by Gasteiger charge is 2.20. The van der Waals surface area contributed by atoms with Crippen molar-refractivity contribution in [3.63, 3.8) is 0 Å². The molecule has 0 saturated carbocycles. The second-order valence-corrected chi connectivity index (χ2v) is 5.59. The van der Waals surface area contributed by atoms with Gasteiger partial charge in [-0.2, -0.15) is 0 Å². The molecule has 1 heterocycles. The van der Waals surface area contributed by atoms with Crippen molar-refractivity contribution in [1.82, 2.24) is 15.2 Å². The Morgan fingerprint density at radius 2 is 1.74 bits per heavy atom. The molecule has 0 fully saturated rings. The monoisotopic (exact) mass is 258 g/mol. The van der Waals surface area contributed by atoms with E-state index in [2.05, 4.69) is 20.5 Å². The molecule has 19 heavy (non-hydrogen) atoms. The van der Waals surface area contributed by atoms with E-state index >= 15 is 0 Å². The third-order valence-electron chi connectivity index (χ3n) is 2.72. The van der Waals surface area contributed by atoms with Gasteiger partial charge in [0.2, 0.25) is 5.95 Å². The van der Waals surface area contributed by atoms with Gasteiger partial charge in [0.15, 0.2) is 0 Å². The summed E-state index contributed by atoms with van der Waals surface area (Å²) >= 11 is 0. The van der Waals surface area contributed by atoms with Crippen LogP contribution in [0.5, 0.6) is 0 Å². The highest BCUT2D eigenvalue weighted by molar-refractivity contribution is 5.52. The zero-order chi connectivity index (χ0) is 14.0. The maximum Gasteiger partial charge on any atom is 0.274 e. The molecule has 0 spiro atoms. The van der Waals surface area contributed by atoms with E-state index in [9.17, 15) is 4.79 Å². The fourth-order valence-corrected chi connectivity index (χ4v) is 1.66. The number of rotatable bonds is 2. The summed E-state index contributed by atoms with van der Waals surface area (Å²) in [6, 6.07) is 7.81. The largest absolute Gasteiger partial charge is 0.324 e. The number of anilines is 2. The minimum atomic E-state index is -0.316. The number of hydrogen-bond donors (Lipinski definition) is 2. The maximum atomic E-state index is 11.9. The number of hydrogen-bond acceptors (Lipinski definition) is 4. The lowest BCUT2D eigenvalue weighted by atomic mass is 9.93. The average Bonchev–Trinajstić information content (AvgIpc) is 2.30. The number of aromatic nitrogens is 3. The van der Waals surface area contributed by atoms with Crippen LogP contribution in [0, 0.1) is 6.92 Å². The lowest BCUT2D eigenvalue weighted by Crippen LogP contribution is -2.28. The van der Waals surface area contributed by atoms with Crippen LogP contribution in [0.3, 0.4) is 0 Å². The fourth-order valence-electron chi connectivity index (χ4n) is 1.66. The molecule has 0 radical (unpaired) electrons. The zero-order valence-electron chi connectivity index (χ0n) is 11.6. The van der Waals surface area contributed by atoms with Gasteiger partial charge in [-0.3, -0.25) is 9.78 Å². The van der Waals surface area contributed by atoms with E-state index in [1.54, 1.807) is 0 Å². The van der Waals surface area contributed by atoms with E-state index in [1.165, 1.54) is 5.56 Å². The number of aryl methyl sites for hydroxylation is 1.